The van der Waals surface area contributed by atoms with Crippen molar-refractivity contribution >= 4 is 46.2 Å². The van der Waals surface area contributed by atoms with Crippen molar-refractivity contribution in [2.45, 2.75) is 33.2 Å². The Bertz CT molecular complexity index is 1170. The van der Waals surface area contributed by atoms with Gasteiger partial charge in [0.2, 0.25) is 5.91 Å². The number of carbonyl (C=O) groups is 3. The number of amides is 2. The average Bonchev–Trinajstić information content (AvgIpc) is 3.24. The fraction of sp³-hybridized carbons (Fsp3) is 0.320. The third-order valence-electron chi connectivity index (χ3n) is 5.45. The van der Waals surface area contributed by atoms with E-state index in [1.807, 2.05) is 61.0 Å². The van der Waals surface area contributed by atoms with Crippen LogP contribution in [0.4, 0.5) is 10.5 Å². The highest BCUT2D eigenvalue weighted by molar-refractivity contribution is 6.30. The van der Waals surface area contributed by atoms with E-state index in [-0.39, 0.29) is 24.5 Å². The molecule has 0 atom stereocenters. The van der Waals surface area contributed by atoms with Gasteiger partial charge in [0.15, 0.2) is 5.75 Å². The van der Waals surface area contributed by atoms with E-state index >= 15 is 0 Å². The number of hydrogen-bond donors (Lipinski definition) is 1. The number of rotatable bonds is 9. The second kappa shape index (κ2) is 11.6. The number of ether oxygens (including phenoxy) is 2. The van der Waals surface area contributed by atoms with Crippen LogP contribution < -0.4 is 10.1 Å². The van der Waals surface area contributed by atoms with Crippen LogP contribution in [0.3, 0.4) is 0 Å². The molecule has 0 aliphatic rings. The zero-order valence-electron chi connectivity index (χ0n) is 19.5. The third kappa shape index (κ3) is 6.08. The molecule has 0 aliphatic carbocycles. The van der Waals surface area contributed by atoms with Gasteiger partial charge < -0.3 is 24.3 Å². The third-order valence-corrected chi connectivity index (χ3v) is 5.70. The van der Waals surface area contributed by atoms with Crippen molar-refractivity contribution in [3.8, 4) is 5.75 Å². The van der Waals surface area contributed by atoms with Crippen molar-refractivity contribution < 1.29 is 23.9 Å². The Morgan fingerprint density at radius 3 is 2.35 bits per heavy atom. The molecule has 0 aliphatic heterocycles. The monoisotopic (exact) mass is 485 g/mol. The quantitative estimate of drug-likeness (QED) is 0.427. The first-order valence-electron chi connectivity index (χ1n) is 11.1. The van der Waals surface area contributed by atoms with Gasteiger partial charge in [-0.25, -0.2) is 4.79 Å². The Kier molecular flexibility index (Phi) is 8.54. The molecule has 1 N–H and O–H groups in total. The maximum Gasteiger partial charge on any atom is 0.415 e. The zero-order valence-corrected chi connectivity index (χ0v) is 20.2. The van der Waals surface area contributed by atoms with Crippen LogP contribution in [-0.4, -0.2) is 47.6 Å². The number of halogens is 1. The summed E-state index contributed by atoms with van der Waals surface area (Å²) in [7, 11) is 1.27. The number of methoxy groups -OCH3 is 1. The molecule has 180 valence electrons. The summed E-state index contributed by atoms with van der Waals surface area (Å²) in [4.78, 5) is 38.2. The first-order valence-corrected chi connectivity index (χ1v) is 11.4. The van der Waals surface area contributed by atoms with Gasteiger partial charge in [0.1, 0.15) is 0 Å². The fourth-order valence-electron chi connectivity index (χ4n) is 3.55. The molecule has 1 aromatic heterocycles. The summed E-state index contributed by atoms with van der Waals surface area (Å²) in [6.07, 6.45) is 1.29. The van der Waals surface area contributed by atoms with Gasteiger partial charge in [-0.1, -0.05) is 23.7 Å². The van der Waals surface area contributed by atoms with Crippen LogP contribution in [0, 0.1) is 0 Å². The Morgan fingerprint density at radius 1 is 1.00 bits per heavy atom. The Balaban J connectivity index is 1.95. The van der Waals surface area contributed by atoms with Gasteiger partial charge >= 0.3 is 12.1 Å². The first-order chi connectivity index (χ1) is 16.4. The van der Waals surface area contributed by atoms with E-state index < -0.39 is 12.1 Å². The van der Waals surface area contributed by atoms with E-state index in [9.17, 15) is 14.4 Å². The molecule has 0 fully saturated rings. The molecule has 0 bridgehead atoms. The number of carbonyl (C=O) groups excluding carboxylic acids is 3. The van der Waals surface area contributed by atoms with Crippen LogP contribution in [0.2, 0.25) is 5.02 Å². The lowest BCUT2D eigenvalue weighted by Crippen LogP contribution is -2.33. The number of esters is 1. The molecule has 34 heavy (non-hydrogen) atoms. The SMILES string of the molecule is CCN(CC)C(=O)Oc1ccc2c(ccn2Cc2ccc(Cl)cc2)c1NC(=O)CCC(=O)OC. The van der Waals surface area contributed by atoms with Crippen LogP contribution in [0.25, 0.3) is 10.9 Å². The molecular weight excluding hydrogens is 458 g/mol. The molecule has 2 aromatic carbocycles. The van der Waals surface area contributed by atoms with E-state index in [0.717, 1.165) is 11.1 Å². The summed E-state index contributed by atoms with van der Waals surface area (Å²) in [5.41, 5.74) is 2.28. The van der Waals surface area contributed by atoms with Crippen molar-refractivity contribution in [3.63, 3.8) is 0 Å². The predicted molar refractivity (Wildman–Crippen MR) is 131 cm³/mol. The molecule has 3 aromatic rings. The topological polar surface area (TPSA) is 89.9 Å². The normalized spacial score (nSPS) is 10.7. The summed E-state index contributed by atoms with van der Waals surface area (Å²) in [5.74, 6) is -0.626. The molecule has 1 heterocycles. The number of aromatic nitrogens is 1. The minimum Gasteiger partial charge on any atom is -0.469 e. The van der Waals surface area contributed by atoms with Gasteiger partial charge in [-0.3, -0.25) is 9.59 Å². The number of nitrogens with one attached hydrogen (secondary N) is 1. The molecule has 8 nitrogen and oxygen atoms in total. The van der Waals surface area contributed by atoms with Crippen molar-refractivity contribution in [2.75, 3.05) is 25.5 Å². The lowest BCUT2D eigenvalue weighted by molar-refractivity contribution is -0.141. The second-order valence-corrected chi connectivity index (χ2v) is 8.04. The first kappa shape index (κ1) is 25.1. The van der Waals surface area contributed by atoms with Gasteiger partial charge in [0, 0.05) is 42.7 Å². The van der Waals surface area contributed by atoms with E-state index in [0.29, 0.717) is 35.7 Å². The van der Waals surface area contributed by atoms with E-state index in [4.69, 9.17) is 16.3 Å². The van der Waals surface area contributed by atoms with Gasteiger partial charge in [0.25, 0.3) is 0 Å². The summed E-state index contributed by atoms with van der Waals surface area (Å²) in [6.45, 7) is 5.31. The van der Waals surface area contributed by atoms with Gasteiger partial charge in [-0.2, -0.15) is 0 Å². The molecular formula is C25H28ClN3O5. The number of hydrogen-bond acceptors (Lipinski definition) is 5. The van der Waals surface area contributed by atoms with Crippen LogP contribution in [-0.2, 0) is 20.9 Å². The smallest absolute Gasteiger partial charge is 0.415 e. The Labute approximate surface area is 203 Å². The summed E-state index contributed by atoms with van der Waals surface area (Å²) in [6, 6.07) is 12.9. The zero-order chi connectivity index (χ0) is 24.7. The van der Waals surface area contributed by atoms with Gasteiger partial charge in [0.05, 0.1) is 24.7 Å². The molecule has 0 saturated heterocycles. The number of nitrogens with zero attached hydrogens (tertiary/aromatic N) is 2. The van der Waals surface area contributed by atoms with Crippen molar-refractivity contribution in [1.29, 1.82) is 0 Å². The van der Waals surface area contributed by atoms with Gasteiger partial charge in [-0.15, -0.1) is 0 Å². The summed E-state index contributed by atoms with van der Waals surface area (Å²) < 4.78 is 12.3. The number of fused-ring (bicyclic) bond motifs is 1. The minimum absolute atomic E-state index is 0.0511. The molecule has 0 spiro atoms. The highest BCUT2D eigenvalue weighted by atomic mass is 35.5. The van der Waals surface area contributed by atoms with Crippen LogP contribution >= 0.6 is 11.6 Å². The standard InChI is InChI=1S/C25H28ClN3O5/c1-4-28(5-2)25(32)34-21-11-10-20-19(24(21)27-22(30)12-13-23(31)33-3)14-15-29(20)16-17-6-8-18(26)9-7-17/h6-11,14-15H,4-5,12-13,16H2,1-3H3,(H,27,30). The molecule has 9 heteroatoms. The Morgan fingerprint density at radius 2 is 1.71 bits per heavy atom. The number of anilines is 1. The maximum atomic E-state index is 12.6. The lowest BCUT2D eigenvalue weighted by Gasteiger charge is -2.20. The maximum absolute atomic E-state index is 12.6. The minimum atomic E-state index is -0.505. The van der Waals surface area contributed by atoms with Crippen LogP contribution in [0.15, 0.2) is 48.7 Å². The van der Waals surface area contributed by atoms with Crippen molar-refractivity contribution in [3.05, 3.63) is 59.2 Å². The molecule has 0 radical (unpaired) electrons. The molecule has 0 unspecified atom stereocenters. The largest absolute Gasteiger partial charge is 0.469 e. The van der Waals surface area contributed by atoms with Gasteiger partial charge in [-0.05, 0) is 49.7 Å². The summed E-state index contributed by atoms with van der Waals surface area (Å²) in [5, 5.41) is 4.20. The predicted octanol–water partition coefficient (Wildman–Crippen LogP) is 5.08. The van der Waals surface area contributed by atoms with Crippen molar-refractivity contribution in [2.24, 2.45) is 0 Å². The van der Waals surface area contributed by atoms with Crippen molar-refractivity contribution in [1.82, 2.24) is 9.47 Å². The molecule has 0 saturated carbocycles. The molecule has 3 rings (SSSR count). The van der Waals surface area contributed by atoms with E-state index in [2.05, 4.69) is 10.1 Å². The Hall–Kier alpha value is -3.52. The molecule has 2 amide bonds. The van der Waals surface area contributed by atoms with E-state index in [1.165, 1.54) is 7.11 Å². The number of benzene rings is 2. The second-order valence-electron chi connectivity index (χ2n) is 7.61. The lowest BCUT2D eigenvalue weighted by atomic mass is 10.1. The van der Waals surface area contributed by atoms with Crippen LogP contribution in [0.5, 0.6) is 5.75 Å². The average molecular weight is 486 g/mol. The highest BCUT2D eigenvalue weighted by Crippen LogP contribution is 2.35. The van der Waals surface area contributed by atoms with Crippen LogP contribution in [0.1, 0.15) is 32.3 Å². The summed E-state index contributed by atoms with van der Waals surface area (Å²) >= 11 is 5.99. The van der Waals surface area contributed by atoms with E-state index in [1.54, 1.807) is 11.0 Å². The fourth-order valence-corrected chi connectivity index (χ4v) is 3.68. The highest BCUT2D eigenvalue weighted by Gasteiger charge is 2.20.